The average Bonchev–Trinajstić information content (AvgIpc) is 3.72. The van der Waals surface area contributed by atoms with Gasteiger partial charge in [-0.1, -0.05) is 187 Å². The molecule has 0 saturated heterocycles. The summed E-state index contributed by atoms with van der Waals surface area (Å²) in [4.78, 5) is 0. The van der Waals surface area contributed by atoms with Gasteiger partial charge >= 0.3 is 54.7 Å². The maximum atomic E-state index is 2.49. The van der Waals surface area contributed by atoms with Gasteiger partial charge in [0.25, 0.3) is 0 Å². The minimum Gasteiger partial charge on any atom is -1.00 e. The van der Waals surface area contributed by atoms with E-state index in [4.69, 9.17) is 0 Å². The minimum atomic E-state index is 0. The van der Waals surface area contributed by atoms with Crippen molar-refractivity contribution in [2.75, 3.05) is 0 Å². The van der Waals surface area contributed by atoms with Gasteiger partial charge in [0, 0.05) is 0 Å². The summed E-state index contributed by atoms with van der Waals surface area (Å²) >= 11 is 1.79. The Morgan fingerprint density at radius 2 is 0.818 bits per heavy atom. The second kappa shape index (κ2) is 27.8. The molecule has 0 heterocycles. The molecule has 4 aliphatic rings. The standard InChI is InChI=1S/2C29H35.C4H10Si.2ClH.Zr/c2*1-2-5-10-22(9-4-1)19-23-20-27-13-8-14-28(29(27)21-23)26-17-15-25(16-18-26)24-11-6-3-7-12-24;1-3-4-5-2;;;/h2*8,13-18,20-22,24H,1-7,9-12,19H2;3-4H2,1-2H3;2*1H;/q2*-1;;;;+2/p-2. The molecule has 0 bridgehead atoms. The summed E-state index contributed by atoms with van der Waals surface area (Å²) < 4.78 is 0. The fourth-order valence-corrected chi connectivity index (χ4v) is 14.8. The van der Waals surface area contributed by atoms with Gasteiger partial charge in [-0.15, -0.1) is 69.1 Å². The topological polar surface area (TPSA) is 0 Å². The van der Waals surface area contributed by atoms with Crippen LogP contribution in [-0.4, -0.2) is 5.43 Å². The van der Waals surface area contributed by atoms with Crippen molar-refractivity contribution in [1.82, 2.24) is 0 Å². The second-order valence-electron chi connectivity index (χ2n) is 20.9. The molecule has 0 atom stereocenters. The Labute approximate surface area is 429 Å². The molecule has 6 aromatic carbocycles. The van der Waals surface area contributed by atoms with E-state index in [1.54, 1.807) is 45.6 Å². The first-order valence-electron chi connectivity index (χ1n) is 26.6. The summed E-state index contributed by atoms with van der Waals surface area (Å²) in [5.41, 5.74) is 12.0. The van der Waals surface area contributed by atoms with Crippen LogP contribution in [0.15, 0.2) is 109 Å². The summed E-state index contributed by atoms with van der Waals surface area (Å²) in [7, 11) is 0. The van der Waals surface area contributed by atoms with Gasteiger partial charge in [-0.25, -0.2) is 0 Å². The van der Waals surface area contributed by atoms with Gasteiger partial charge in [-0.3, -0.25) is 0 Å². The van der Waals surface area contributed by atoms with E-state index in [-0.39, 0.29) is 30.2 Å². The third kappa shape index (κ3) is 15.1. The van der Waals surface area contributed by atoms with Gasteiger partial charge in [0.15, 0.2) is 0 Å². The molecule has 6 aromatic rings. The van der Waals surface area contributed by atoms with E-state index in [0.29, 0.717) is 0 Å². The number of benzene rings is 4. The van der Waals surface area contributed by atoms with Crippen LogP contribution in [-0.2, 0) is 36.2 Å². The van der Waals surface area contributed by atoms with Crippen LogP contribution >= 0.6 is 0 Å². The first-order chi connectivity index (χ1) is 31.5. The van der Waals surface area contributed by atoms with Crippen LogP contribution in [0.2, 0.25) is 12.6 Å². The fourth-order valence-electron chi connectivity index (χ4n) is 12.3. The Balaban J connectivity index is 0.000000189. The largest absolute Gasteiger partial charge is 1.00 e. The Hall–Kier alpha value is -2.22. The van der Waals surface area contributed by atoms with Gasteiger partial charge < -0.3 is 24.8 Å². The van der Waals surface area contributed by atoms with Crippen LogP contribution in [0.5, 0.6) is 0 Å². The van der Waals surface area contributed by atoms with Crippen LogP contribution in [0.3, 0.4) is 0 Å². The molecule has 4 heteroatoms. The summed E-state index contributed by atoms with van der Waals surface area (Å²) in [6, 6.07) is 44.2. The molecule has 0 unspecified atom stereocenters. The average molecular weight is 1020 g/mol. The molecule has 0 N–H and O–H groups in total. The molecule has 4 saturated carbocycles. The van der Waals surface area contributed by atoms with Gasteiger partial charge in [0.2, 0.25) is 0 Å². The smallest absolute Gasteiger partial charge is 0.0162 e. The number of hydrogen-bond donors (Lipinski definition) is 0. The Kier molecular flexibility index (Phi) is 22.4. The number of fused-ring (bicyclic) bond motifs is 2. The van der Waals surface area contributed by atoms with Gasteiger partial charge in [0.05, 0.1) is 0 Å². The third-order valence-electron chi connectivity index (χ3n) is 15.8. The molecular formula is C62H80Cl2SiZr-2. The quantitative estimate of drug-likeness (QED) is 0.0729. The first kappa shape index (κ1) is 53.1. The maximum absolute atomic E-state index is 2.49. The SMILES string of the molecule is CCC[Si](C)=[Zr+2].[Cl-].[Cl-].c1cc(-c2ccc(C3CCCCC3)cc2)c2cc(CC3CCCCCC3)[cH-]c2c1.c1cc(-c2ccc(C3CCCCC3)cc2)c2cc(CC3CCCCCC3)[cH-]c2c1. The summed E-state index contributed by atoms with van der Waals surface area (Å²) in [6.45, 7) is 4.66. The predicted molar refractivity (Wildman–Crippen MR) is 278 cm³/mol. The summed E-state index contributed by atoms with van der Waals surface area (Å²) in [5.74, 6) is 3.37. The predicted octanol–water partition coefficient (Wildman–Crippen LogP) is 13.1. The maximum Gasteiger partial charge on any atom is -0.0162 e. The number of halogens is 2. The van der Waals surface area contributed by atoms with Crippen LogP contribution in [0.4, 0.5) is 0 Å². The minimum absolute atomic E-state index is 0. The van der Waals surface area contributed by atoms with Crippen LogP contribution in [0.1, 0.15) is 189 Å². The Bertz CT molecular complexity index is 2150. The summed E-state index contributed by atoms with van der Waals surface area (Å²) in [5, 5.41) is 5.73. The Morgan fingerprint density at radius 3 is 1.15 bits per heavy atom. The second-order valence-corrected chi connectivity index (χ2v) is 29.3. The number of hydrogen-bond acceptors (Lipinski definition) is 0. The van der Waals surface area contributed by atoms with E-state index in [1.807, 2.05) is 0 Å². The number of rotatable bonds is 10. The van der Waals surface area contributed by atoms with Crippen molar-refractivity contribution >= 4 is 27.0 Å². The van der Waals surface area contributed by atoms with Crippen molar-refractivity contribution in [1.29, 1.82) is 0 Å². The van der Waals surface area contributed by atoms with Crippen molar-refractivity contribution in [3.8, 4) is 22.3 Å². The first-order valence-corrected chi connectivity index (χ1v) is 32.5. The molecular weight excluding hydrogens is 935 g/mol. The molecule has 352 valence electrons. The van der Waals surface area contributed by atoms with Crippen molar-refractivity contribution in [3.63, 3.8) is 0 Å². The molecule has 0 amide bonds. The van der Waals surface area contributed by atoms with Gasteiger partial charge in [-0.05, 0) is 84.5 Å². The van der Waals surface area contributed by atoms with Crippen LogP contribution in [0.25, 0.3) is 43.8 Å². The molecule has 0 nitrogen and oxygen atoms in total. The van der Waals surface area contributed by atoms with E-state index < -0.39 is 0 Å². The van der Waals surface area contributed by atoms with E-state index >= 15 is 0 Å². The molecule has 10 rings (SSSR count). The van der Waals surface area contributed by atoms with Crippen LogP contribution < -0.4 is 24.8 Å². The molecule has 0 aliphatic heterocycles. The monoisotopic (exact) mass is 1010 g/mol. The molecule has 4 fully saturated rings. The molecule has 0 spiro atoms. The zero-order chi connectivity index (χ0) is 43.9. The molecule has 0 aromatic heterocycles. The molecule has 4 aliphatic carbocycles. The molecule has 66 heavy (non-hydrogen) atoms. The van der Waals surface area contributed by atoms with E-state index in [0.717, 1.165) is 23.7 Å². The fraction of sp³-hybridized carbons (Fsp3) is 0.516. The van der Waals surface area contributed by atoms with Crippen LogP contribution in [0, 0.1) is 11.8 Å². The summed E-state index contributed by atoms with van der Waals surface area (Å²) in [6.07, 6.45) is 35.2. The van der Waals surface area contributed by atoms with Gasteiger partial charge in [0.1, 0.15) is 0 Å². The van der Waals surface area contributed by atoms with Crippen molar-refractivity contribution in [3.05, 3.63) is 131 Å². The van der Waals surface area contributed by atoms with E-state index in [1.165, 1.54) is 210 Å². The van der Waals surface area contributed by atoms with E-state index in [9.17, 15) is 0 Å². The van der Waals surface area contributed by atoms with E-state index in [2.05, 4.69) is 123 Å². The van der Waals surface area contributed by atoms with Gasteiger partial charge in [-0.2, -0.15) is 12.1 Å². The molecule has 0 radical (unpaired) electrons. The Morgan fingerprint density at radius 1 is 0.470 bits per heavy atom. The zero-order valence-electron chi connectivity index (χ0n) is 40.8. The normalized spacial score (nSPS) is 17.9. The van der Waals surface area contributed by atoms with Crippen molar-refractivity contribution in [2.24, 2.45) is 11.8 Å². The van der Waals surface area contributed by atoms with Crippen molar-refractivity contribution in [2.45, 2.75) is 192 Å². The third-order valence-corrected chi connectivity index (χ3v) is 18.9. The van der Waals surface area contributed by atoms with Crippen molar-refractivity contribution < 1.29 is 48.1 Å². The zero-order valence-corrected chi connectivity index (χ0v) is 45.8.